The van der Waals surface area contributed by atoms with Crippen LogP contribution in [0.2, 0.25) is 0 Å². The molecule has 0 bridgehead atoms. The molecule has 3 rings (SSSR count). The topological polar surface area (TPSA) is 28.2 Å². The van der Waals surface area contributed by atoms with Crippen LogP contribution in [-0.2, 0) is 0 Å². The van der Waals surface area contributed by atoms with Gasteiger partial charge in [-0.2, -0.15) is 0 Å². The molecule has 106 valence electrons. The van der Waals surface area contributed by atoms with Crippen LogP contribution < -0.4 is 10.2 Å². The highest BCUT2D eigenvalue weighted by atomic mass is 15.1. The molecule has 3 nitrogen and oxygen atoms in total. The van der Waals surface area contributed by atoms with Gasteiger partial charge in [0, 0.05) is 42.1 Å². The summed E-state index contributed by atoms with van der Waals surface area (Å²) in [4.78, 5) is 7.14. The minimum atomic E-state index is 0.937. The number of aromatic nitrogens is 1. The van der Waals surface area contributed by atoms with Crippen molar-refractivity contribution in [2.45, 2.75) is 33.1 Å². The second kappa shape index (κ2) is 5.70. The lowest BCUT2D eigenvalue weighted by Crippen LogP contribution is -2.29. The third-order valence-electron chi connectivity index (χ3n) is 4.01. The molecule has 20 heavy (non-hydrogen) atoms. The molecule has 1 aliphatic rings. The van der Waals surface area contributed by atoms with E-state index in [1.165, 1.54) is 49.1 Å². The van der Waals surface area contributed by atoms with Gasteiger partial charge in [-0.15, -0.1) is 0 Å². The maximum absolute atomic E-state index is 4.65. The van der Waals surface area contributed by atoms with Crippen molar-refractivity contribution in [3.63, 3.8) is 0 Å². The van der Waals surface area contributed by atoms with E-state index in [0.717, 1.165) is 17.8 Å². The molecule has 1 saturated heterocycles. The van der Waals surface area contributed by atoms with Gasteiger partial charge < -0.3 is 10.2 Å². The van der Waals surface area contributed by atoms with Crippen molar-refractivity contribution < 1.29 is 0 Å². The highest BCUT2D eigenvalue weighted by Crippen LogP contribution is 2.29. The molecule has 0 atom stereocenters. The van der Waals surface area contributed by atoms with Gasteiger partial charge in [0.2, 0.25) is 0 Å². The molecule has 3 heteroatoms. The fourth-order valence-corrected chi connectivity index (χ4v) is 3.03. The van der Waals surface area contributed by atoms with Crippen LogP contribution in [0.15, 0.2) is 24.3 Å². The number of rotatable bonds is 3. The van der Waals surface area contributed by atoms with Gasteiger partial charge in [-0.25, -0.2) is 0 Å². The Bertz CT molecular complexity index is 600. The lowest BCUT2D eigenvalue weighted by molar-refractivity contribution is 0.578. The van der Waals surface area contributed by atoms with E-state index in [1.807, 2.05) is 0 Å². The Balaban J connectivity index is 2.04. The van der Waals surface area contributed by atoms with Gasteiger partial charge in [-0.3, -0.25) is 4.98 Å². The van der Waals surface area contributed by atoms with Crippen LogP contribution in [0.3, 0.4) is 0 Å². The standard InChI is InChI=1S/C17H23N3/c1-3-18-17-11-13(2)19-16-8-7-14(12-15(16)17)20-9-5-4-6-10-20/h7-8,11-12H,3-6,9-10H2,1-2H3,(H,18,19). The largest absolute Gasteiger partial charge is 0.385 e. The third-order valence-corrected chi connectivity index (χ3v) is 4.01. The van der Waals surface area contributed by atoms with Crippen molar-refractivity contribution in [3.05, 3.63) is 30.0 Å². The molecule has 2 heterocycles. The summed E-state index contributed by atoms with van der Waals surface area (Å²) in [5.41, 5.74) is 4.69. The van der Waals surface area contributed by atoms with Crippen LogP contribution in [0.1, 0.15) is 31.9 Å². The van der Waals surface area contributed by atoms with Gasteiger partial charge >= 0.3 is 0 Å². The lowest BCUT2D eigenvalue weighted by atomic mass is 10.1. The van der Waals surface area contributed by atoms with Crippen molar-refractivity contribution in [1.82, 2.24) is 4.98 Å². The number of hydrogen-bond acceptors (Lipinski definition) is 3. The zero-order valence-corrected chi connectivity index (χ0v) is 12.4. The van der Waals surface area contributed by atoms with E-state index in [-0.39, 0.29) is 0 Å². The van der Waals surface area contributed by atoms with Gasteiger partial charge in [-0.05, 0) is 57.4 Å². The van der Waals surface area contributed by atoms with Gasteiger partial charge in [0.15, 0.2) is 0 Å². The van der Waals surface area contributed by atoms with E-state index in [2.05, 4.69) is 53.3 Å². The minimum absolute atomic E-state index is 0.937. The number of piperidine rings is 1. The SMILES string of the molecule is CCNc1cc(C)nc2ccc(N3CCCCC3)cc12. The van der Waals surface area contributed by atoms with Crippen LogP contribution in [0, 0.1) is 6.92 Å². The summed E-state index contributed by atoms with van der Waals surface area (Å²) >= 11 is 0. The summed E-state index contributed by atoms with van der Waals surface area (Å²) in [5.74, 6) is 0. The number of anilines is 2. The Kier molecular flexibility index (Phi) is 3.77. The summed E-state index contributed by atoms with van der Waals surface area (Å²) in [6, 6.07) is 8.82. The molecular weight excluding hydrogens is 246 g/mol. The van der Waals surface area contributed by atoms with Gasteiger partial charge in [0.25, 0.3) is 0 Å². The first-order valence-electron chi connectivity index (χ1n) is 7.68. The first-order chi connectivity index (χ1) is 9.78. The van der Waals surface area contributed by atoms with Gasteiger partial charge in [0.05, 0.1) is 5.52 Å². The quantitative estimate of drug-likeness (QED) is 0.914. The molecule has 0 spiro atoms. The van der Waals surface area contributed by atoms with E-state index in [4.69, 9.17) is 0 Å². The normalized spacial score (nSPS) is 15.6. The van der Waals surface area contributed by atoms with Crippen molar-refractivity contribution in [3.8, 4) is 0 Å². The van der Waals surface area contributed by atoms with E-state index < -0.39 is 0 Å². The summed E-state index contributed by atoms with van der Waals surface area (Å²) in [6.07, 6.45) is 3.99. The molecule has 1 N–H and O–H groups in total. The molecule has 1 aromatic carbocycles. The Hall–Kier alpha value is -1.77. The number of nitrogens with one attached hydrogen (secondary N) is 1. The Morgan fingerprint density at radius 2 is 1.95 bits per heavy atom. The zero-order valence-electron chi connectivity index (χ0n) is 12.4. The van der Waals surface area contributed by atoms with Crippen LogP contribution in [0.5, 0.6) is 0 Å². The summed E-state index contributed by atoms with van der Waals surface area (Å²) in [5, 5.41) is 4.70. The second-order valence-corrected chi connectivity index (χ2v) is 5.59. The summed E-state index contributed by atoms with van der Waals surface area (Å²) < 4.78 is 0. The number of fused-ring (bicyclic) bond motifs is 1. The zero-order chi connectivity index (χ0) is 13.9. The molecule has 0 amide bonds. The Labute approximate surface area is 121 Å². The van der Waals surface area contributed by atoms with Crippen LogP contribution in [0.25, 0.3) is 10.9 Å². The van der Waals surface area contributed by atoms with Crippen molar-refractivity contribution in [1.29, 1.82) is 0 Å². The number of nitrogens with zero attached hydrogens (tertiary/aromatic N) is 2. The second-order valence-electron chi connectivity index (χ2n) is 5.59. The van der Waals surface area contributed by atoms with Crippen LogP contribution in [-0.4, -0.2) is 24.6 Å². The average Bonchev–Trinajstić information content (AvgIpc) is 2.48. The Morgan fingerprint density at radius 1 is 1.15 bits per heavy atom. The van der Waals surface area contributed by atoms with Crippen molar-refractivity contribution in [2.75, 3.05) is 29.9 Å². The first-order valence-corrected chi connectivity index (χ1v) is 7.68. The average molecular weight is 269 g/mol. The van der Waals surface area contributed by atoms with Crippen LogP contribution in [0.4, 0.5) is 11.4 Å². The maximum Gasteiger partial charge on any atom is 0.0727 e. The molecule has 1 aromatic heterocycles. The van der Waals surface area contributed by atoms with Gasteiger partial charge in [0.1, 0.15) is 0 Å². The third kappa shape index (κ3) is 2.58. The number of pyridine rings is 1. The van der Waals surface area contributed by atoms with Crippen LogP contribution >= 0.6 is 0 Å². The predicted molar refractivity (Wildman–Crippen MR) is 86.7 cm³/mol. The molecule has 1 fully saturated rings. The monoisotopic (exact) mass is 269 g/mol. The molecule has 0 aliphatic carbocycles. The fraction of sp³-hybridized carbons (Fsp3) is 0.471. The number of aryl methyl sites for hydroxylation is 1. The van der Waals surface area contributed by atoms with Crippen molar-refractivity contribution in [2.24, 2.45) is 0 Å². The van der Waals surface area contributed by atoms with E-state index in [0.29, 0.717) is 0 Å². The van der Waals surface area contributed by atoms with Gasteiger partial charge in [-0.1, -0.05) is 0 Å². The Morgan fingerprint density at radius 3 is 2.70 bits per heavy atom. The van der Waals surface area contributed by atoms with E-state index in [1.54, 1.807) is 0 Å². The molecule has 1 aliphatic heterocycles. The minimum Gasteiger partial charge on any atom is -0.385 e. The fourth-order valence-electron chi connectivity index (χ4n) is 3.03. The highest BCUT2D eigenvalue weighted by molar-refractivity contribution is 5.93. The molecule has 0 unspecified atom stereocenters. The molecule has 2 aromatic rings. The predicted octanol–water partition coefficient (Wildman–Crippen LogP) is 3.97. The first kappa shape index (κ1) is 13.2. The summed E-state index contributed by atoms with van der Waals surface area (Å²) in [7, 11) is 0. The van der Waals surface area contributed by atoms with E-state index >= 15 is 0 Å². The van der Waals surface area contributed by atoms with E-state index in [9.17, 15) is 0 Å². The number of benzene rings is 1. The lowest BCUT2D eigenvalue weighted by Gasteiger charge is -2.29. The highest BCUT2D eigenvalue weighted by Gasteiger charge is 2.12. The molecular formula is C17H23N3. The smallest absolute Gasteiger partial charge is 0.0727 e. The van der Waals surface area contributed by atoms with Crippen molar-refractivity contribution >= 4 is 22.3 Å². The molecule has 0 radical (unpaired) electrons. The maximum atomic E-state index is 4.65. The summed E-state index contributed by atoms with van der Waals surface area (Å²) in [6.45, 7) is 7.49. The number of hydrogen-bond donors (Lipinski definition) is 1. The molecule has 0 saturated carbocycles.